The number of methoxy groups -OCH3 is 1. The van der Waals surface area contributed by atoms with E-state index in [1.165, 1.54) is 13.4 Å². The van der Waals surface area contributed by atoms with Crippen molar-refractivity contribution in [2.24, 2.45) is 11.3 Å². The van der Waals surface area contributed by atoms with Crippen molar-refractivity contribution in [2.45, 2.75) is 46.6 Å². The first kappa shape index (κ1) is 26.1. The van der Waals surface area contributed by atoms with Gasteiger partial charge in [0.05, 0.1) is 29.3 Å². The number of fused-ring (bicyclic) bond motifs is 1. The third kappa shape index (κ3) is 4.84. The standard InChI is InChI=1S/C28H34FN5O4/c1-15-6-9-18(38-11-17-7-8-17)22(23(15)29)25-26-24(30-14-31-25)21(16(2)32-26)27(36)33-19-10-34(13-28(19,3)4)20(35)12-37-5/h6,9,14,17,19,32H,7-8,10-13H2,1-5H3,(H,33,36). The zero-order chi connectivity index (χ0) is 27.2. The second kappa shape index (κ2) is 9.98. The summed E-state index contributed by atoms with van der Waals surface area (Å²) in [5.74, 6) is 0.0865. The minimum absolute atomic E-state index is 0.000121. The van der Waals surface area contributed by atoms with E-state index < -0.39 is 5.82 Å². The highest BCUT2D eigenvalue weighted by Gasteiger charge is 2.42. The van der Waals surface area contributed by atoms with Crippen LogP contribution in [0.1, 0.15) is 48.3 Å². The van der Waals surface area contributed by atoms with E-state index in [0.29, 0.717) is 64.9 Å². The van der Waals surface area contributed by atoms with Crippen LogP contribution >= 0.6 is 0 Å². The van der Waals surface area contributed by atoms with Gasteiger partial charge in [0.1, 0.15) is 35.7 Å². The molecule has 1 aliphatic heterocycles. The third-order valence-corrected chi connectivity index (χ3v) is 7.57. The summed E-state index contributed by atoms with van der Waals surface area (Å²) in [5, 5.41) is 3.11. The van der Waals surface area contributed by atoms with Crippen molar-refractivity contribution < 1.29 is 23.5 Å². The predicted octanol–water partition coefficient (Wildman–Crippen LogP) is 3.78. The number of H-pyrrole nitrogens is 1. The molecule has 5 rings (SSSR count). The van der Waals surface area contributed by atoms with Crippen LogP contribution in [0.15, 0.2) is 18.5 Å². The molecule has 2 amide bonds. The lowest BCUT2D eigenvalue weighted by atomic mass is 9.87. The molecule has 2 aromatic heterocycles. The molecular formula is C28H34FN5O4. The number of amides is 2. The quantitative estimate of drug-likeness (QED) is 0.465. The summed E-state index contributed by atoms with van der Waals surface area (Å²) in [6.07, 6.45) is 3.58. The van der Waals surface area contributed by atoms with Gasteiger partial charge >= 0.3 is 0 Å². The second-order valence-corrected chi connectivity index (χ2v) is 11.1. The fourth-order valence-corrected chi connectivity index (χ4v) is 5.09. The second-order valence-electron chi connectivity index (χ2n) is 11.1. The summed E-state index contributed by atoms with van der Waals surface area (Å²) in [7, 11) is 1.49. The summed E-state index contributed by atoms with van der Waals surface area (Å²) < 4.78 is 26.5. The number of carbonyl (C=O) groups is 2. The maximum atomic E-state index is 15.5. The lowest BCUT2D eigenvalue weighted by Crippen LogP contribution is -2.44. The molecule has 38 heavy (non-hydrogen) atoms. The number of halogens is 1. The first-order chi connectivity index (χ1) is 18.1. The fourth-order valence-electron chi connectivity index (χ4n) is 5.09. The first-order valence-electron chi connectivity index (χ1n) is 12.9. The van der Waals surface area contributed by atoms with Crippen LogP contribution in [0.3, 0.4) is 0 Å². The number of hydrogen-bond acceptors (Lipinski definition) is 6. The molecule has 2 fully saturated rings. The van der Waals surface area contributed by atoms with Crippen molar-refractivity contribution in [3.8, 4) is 17.0 Å². The van der Waals surface area contributed by atoms with Crippen LogP contribution in [-0.4, -0.2) is 71.1 Å². The van der Waals surface area contributed by atoms with Gasteiger partial charge in [-0.15, -0.1) is 0 Å². The largest absolute Gasteiger partial charge is 0.492 e. The normalized spacial score (nSPS) is 18.7. The molecule has 2 N–H and O–H groups in total. The highest BCUT2D eigenvalue weighted by molar-refractivity contribution is 6.09. The van der Waals surface area contributed by atoms with Crippen LogP contribution in [0.25, 0.3) is 22.3 Å². The summed E-state index contributed by atoms with van der Waals surface area (Å²) in [6.45, 7) is 8.95. The number of carbonyl (C=O) groups excluding carboxylic acids is 2. The average molecular weight is 524 g/mol. The van der Waals surface area contributed by atoms with Gasteiger partial charge < -0.3 is 24.7 Å². The number of nitrogens with zero attached hydrogens (tertiary/aromatic N) is 3. The Labute approximate surface area is 221 Å². The molecule has 10 heteroatoms. The zero-order valence-corrected chi connectivity index (χ0v) is 22.5. The van der Waals surface area contributed by atoms with Gasteiger partial charge in [0.25, 0.3) is 5.91 Å². The van der Waals surface area contributed by atoms with Crippen LogP contribution in [0.2, 0.25) is 0 Å². The molecule has 1 aliphatic carbocycles. The Hall–Kier alpha value is -3.53. The minimum Gasteiger partial charge on any atom is -0.492 e. The Balaban J connectivity index is 1.48. The molecule has 9 nitrogen and oxygen atoms in total. The van der Waals surface area contributed by atoms with E-state index in [1.54, 1.807) is 30.9 Å². The van der Waals surface area contributed by atoms with E-state index in [9.17, 15) is 9.59 Å². The SMILES string of the molecule is COCC(=O)N1CC(NC(=O)c2c(C)[nH]c3c(-c4c(OCC5CC5)ccc(C)c4F)ncnc23)C(C)(C)C1. The van der Waals surface area contributed by atoms with Gasteiger partial charge in [-0.1, -0.05) is 19.9 Å². The molecule has 1 saturated heterocycles. The first-order valence-corrected chi connectivity index (χ1v) is 12.9. The molecular weight excluding hydrogens is 489 g/mol. The smallest absolute Gasteiger partial charge is 0.255 e. The van der Waals surface area contributed by atoms with Crippen molar-refractivity contribution in [3.05, 3.63) is 41.1 Å². The van der Waals surface area contributed by atoms with Gasteiger partial charge in [-0.2, -0.15) is 0 Å². The van der Waals surface area contributed by atoms with E-state index in [2.05, 4.69) is 20.3 Å². The molecule has 0 spiro atoms. The molecule has 3 aromatic rings. The molecule has 1 aromatic carbocycles. The van der Waals surface area contributed by atoms with Gasteiger partial charge in [-0.3, -0.25) is 9.59 Å². The number of rotatable bonds is 8. The zero-order valence-electron chi connectivity index (χ0n) is 22.5. The third-order valence-electron chi connectivity index (χ3n) is 7.57. The lowest BCUT2D eigenvalue weighted by Gasteiger charge is -2.26. The van der Waals surface area contributed by atoms with Gasteiger partial charge in [-0.05, 0) is 44.2 Å². The number of hydrogen-bond donors (Lipinski definition) is 2. The molecule has 202 valence electrons. The Morgan fingerprint density at radius 1 is 1.24 bits per heavy atom. The molecule has 1 atom stereocenters. The van der Waals surface area contributed by atoms with Gasteiger partial charge in [0, 0.05) is 31.3 Å². The van der Waals surface area contributed by atoms with Crippen molar-refractivity contribution >= 4 is 22.8 Å². The molecule has 0 radical (unpaired) electrons. The van der Waals surface area contributed by atoms with Crippen LogP contribution < -0.4 is 10.1 Å². The summed E-state index contributed by atoms with van der Waals surface area (Å²) in [4.78, 5) is 39.7. The maximum absolute atomic E-state index is 15.5. The number of likely N-dealkylation sites (tertiary alicyclic amines) is 1. The summed E-state index contributed by atoms with van der Waals surface area (Å²) in [5.41, 5.74) is 2.59. The highest BCUT2D eigenvalue weighted by atomic mass is 19.1. The van der Waals surface area contributed by atoms with E-state index in [4.69, 9.17) is 9.47 Å². The Kier molecular flexibility index (Phi) is 6.85. The predicted molar refractivity (Wildman–Crippen MR) is 140 cm³/mol. The van der Waals surface area contributed by atoms with Crippen LogP contribution in [-0.2, 0) is 9.53 Å². The molecule has 3 heterocycles. The number of benzene rings is 1. The van der Waals surface area contributed by atoms with E-state index in [-0.39, 0.29) is 35.4 Å². The van der Waals surface area contributed by atoms with Crippen molar-refractivity contribution in [1.82, 2.24) is 25.2 Å². The summed E-state index contributed by atoms with van der Waals surface area (Å²) >= 11 is 0. The Bertz CT molecular complexity index is 1400. The topological polar surface area (TPSA) is 109 Å². The van der Waals surface area contributed by atoms with Crippen molar-refractivity contribution in [1.29, 1.82) is 0 Å². The minimum atomic E-state index is -0.412. The summed E-state index contributed by atoms with van der Waals surface area (Å²) in [6, 6.07) is 3.20. The number of aromatic amines is 1. The van der Waals surface area contributed by atoms with Crippen LogP contribution in [0, 0.1) is 31.0 Å². The molecule has 2 aliphatic rings. The van der Waals surface area contributed by atoms with Gasteiger partial charge in [-0.25, -0.2) is 14.4 Å². The Morgan fingerprint density at radius 2 is 2.00 bits per heavy atom. The number of aromatic nitrogens is 3. The lowest BCUT2D eigenvalue weighted by molar-refractivity contribution is -0.134. The van der Waals surface area contributed by atoms with Crippen molar-refractivity contribution in [2.75, 3.05) is 33.4 Å². The maximum Gasteiger partial charge on any atom is 0.255 e. The number of nitrogens with one attached hydrogen (secondary N) is 2. The number of ether oxygens (including phenoxy) is 2. The number of aryl methyl sites for hydroxylation is 2. The van der Waals surface area contributed by atoms with Gasteiger partial charge in [0.15, 0.2) is 0 Å². The van der Waals surface area contributed by atoms with Gasteiger partial charge in [0.2, 0.25) is 5.91 Å². The Morgan fingerprint density at radius 3 is 2.71 bits per heavy atom. The van der Waals surface area contributed by atoms with Crippen LogP contribution in [0.4, 0.5) is 4.39 Å². The average Bonchev–Trinajstić information content (AvgIpc) is 3.56. The van der Waals surface area contributed by atoms with E-state index in [1.807, 2.05) is 13.8 Å². The van der Waals surface area contributed by atoms with E-state index in [0.717, 1.165) is 12.8 Å². The molecule has 1 unspecified atom stereocenters. The molecule has 0 bridgehead atoms. The highest BCUT2D eigenvalue weighted by Crippen LogP contribution is 2.39. The van der Waals surface area contributed by atoms with E-state index >= 15 is 4.39 Å². The van der Waals surface area contributed by atoms with Crippen LogP contribution in [0.5, 0.6) is 5.75 Å². The monoisotopic (exact) mass is 523 g/mol. The fraction of sp³-hybridized carbons (Fsp3) is 0.500. The molecule has 1 saturated carbocycles. The van der Waals surface area contributed by atoms with Crippen molar-refractivity contribution in [3.63, 3.8) is 0 Å².